The molecule has 7 heteroatoms. The summed E-state index contributed by atoms with van der Waals surface area (Å²) >= 11 is 0. The van der Waals surface area contributed by atoms with Gasteiger partial charge in [0.25, 0.3) is 11.8 Å². The zero-order valence-corrected chi connectivity index (χ0v) is 19.0. The molecule has 0 radical (unpaired) electrons. The standard InChI is InChI=1S/C26H29N3O4/c1-17-7-6-8-19(15-17)25(32)28(21-9-4-3-5-10-21)23-16-24(31)29(26(23)33)22-13-11-20(12-14-22)27-18(2)30/h6-8,11-15,21,23H,3-5,9-10,16H2,1-2H3,(H,27,30). The third kappa shape index (κ3) is 4.82. The van der Waals surface area contributed by atoms with Gasteiger partial charge in [-0.2, -0.15) is 0 Å². The van der Waals surface area contributed by atoms with E-state index in [4.69, 9.17) is 0 Å². The van der Waals surface area contributed by atoms with Crippen LogP contribution in [0.5, 0.6) is 0 Å². The molecule has 4 rings (SSSR count). The maximum atomic E-state index is 13.6. The molecule has 1 unspecified atom stereocenters. The molecular formula is C26H29N3O4. The second-order valence-corrected chi connectivity index (χ2v) is 8.89. The zero-order chi connectivity index (χ0) is 23.5. The van der Waals surface area contributed by atoms with E-state index in [1.807, 2.05) is 25.1 Å². The van der Waals surface area contributed by atoms with E-state index in [9.17, 15) is 19.2 Å². The quantitative estimate of drug-likeness (QED) is 0.701. The molecule has 33 heavy (non-hydrogen) atoms. The number of amides is 4. The van der Waals surface area contributed by atoms with Crippen LogP contribution in [0, 0.1) is 6.92 Å². The second kappa shape index (κ2) is 9.57. The number of hydrogen-bond donors (Lipinski definition) is 1. The van der Waals surface area contributed by atoms with Gasteiger partial charge in [-0.05, 0) is 56.2 Å². The fraction of sp³-hybridized carbons (Fsp3) is 0.385. The van der Waals surface area contributed by atoms with Crippen LogP contribution in [0.25, 0.3) is 0 Å². The van der Waals surface area contributed by atoms with Crippen molar-refractivity contribution in [3.63, 3.8) is 0 Å². The number of hydrogen-bond acceptors (Lipinski definition) is 4. The van der Waals surface area contributed by atoms with Gasteiger partial charge in [0, 0.05) is 24.2 Å². The monoisotopic (exact) mass is 447 g/mol. The number of carbonyl (C=O) groups excluding carboxylic acids is 4. The summed E-state index contributed by atoms with van der Waals surface area (Å²) in [6.07, 6.45) is 4.77. The average molecular weight is 448 g/mol. The number of nitrogens with zero attached hydrogens (tertiary/aromatic N) is 2. The molecule has 0 aromatic heterocycles. The van der Waals surface area contributed by atoms with Crippen molar-refractivity contribution in [1.29, 1.82) is 0 Å². The highest BCUT2D eigenvalue weighted by Gasteiger charge is 2.46. The van der Waals surface area contributed by atoms with Crippen molar-refractivity contribution in [1.82, 2.24) is 4.90 Å². The first kappa shape index (κ1) is 22.7. The SMILES string of the molecule is CC(=O)Nc1ccc(N2C(=O)CC(N(C(=O)c3cccc(C)c3)C3CCCCC3)C2=O)cc1. The van der Waals surface area contributed by atoms with Gasteiger partial charge in [-0.25, -0.2) is 4.90 Å². The second-order valence-electron chi connectivity index (χ2n) is 8.89. The first-order valence-corrected chi connectivity index (χ1v) is 11.5. The van der Waals surface area contributed by atoms with Gasteiger partial charge in [-0.1, -0.05) is 37.0 Å². The molecule has 2 aliphatic rings. The largest absolute Gasteiger partial charge is 0.326 e. The van der Waals surface area contributed by atoms with Gasteiger partial charge >= 0.3 is 0 Å². The summed E-state index contributed by atoms with van der Waals surface area (Å²) in [5, 5.41) is 2.67. The minimum atomic E-state index is -0.816. The van der Waals surface area contributed by atoms with Crippen LogP contribution in [-0.4, -0.2) is 40.6 Å². The van der Waals surface area contributed by atoms with Crippen LogP contribution in [0.4, 0.5) is 11.4 Å². The van der Waals surface area contributed by atoms with Crippen LogP contribution in [0.3, 0.4) is 0 Å². The number of nitrogens with one attached hydrogen (secondary N) is 1. The predicted molar refractivity (Wildman–Crippen MR) is 126 cm³/mol. The topological polar surface area (TPSA) is 86.8 Å². The normalized spacial score (nSPS) is 19.0. The van der Waals surface area contributed by atoms with E-state index >= 15 is 0 Å². The fourth-order valence-electron chi connectivity index (χ4n) is 4.85. The molecule has 1 N–H and O–H groups in total. The zero-order valence-electron chi connectivity index (χ0n) is 19.0. The molecule has 1 saturated heterocycles. The van der Waals surface area contributed by atoms with Crippen molar-refractivity contribution in [3.05, 3.63) is 59.7 Å². The van der Waals surface area contributed by atoms with Crippen molar-refractivity contribution in [3.8, 4) is 0 Å². The van der Waals surface area contributed by atoms with Crippen molar-refractivity contribution in [2.24, 2.45) is 0 Å². The lowest BCUT2D eigenvalue weighted by Crippen LogP contribution is -2.51. The number of imide groups is 1. The van der Waals surface area contributed by atoms with Crippen molar-refractivity contribution in [2.45, 2.75) is 64.5 Å². The molecule has 2 aromatic rings. The maximum Gasteiger partial charge on any atom is 0.257 e. The highest BCUT2D eigenvalue weighted by Crippen LogP contribution is 2.32. The summed E-state index contributed by atoms with van der Waals surface area (Å²) in [7, 11) is 0. The molecule has 2 aromatic carbocycles. The van der Waals surface area contributed by atoms with Gasteiger partial charge in [-0.3, -0.25) is 19.2 Å². The Morgan fingerprint density at radius 1 is 1.00 bits per heavy atom. The lowest BCUT2D eigenvalue weighted by atomic mass is 9.92. The fourth-order valence-corrected chi connectivity index (χ4v) is 4.85. The van der Waals surface area contributed by atoms with Gasteiger partial charge in [0.05, 0.1) is 12.1 Å². The Hall–Kier alpha value is -3.48. The highest BCUT2D eigenvalue weighted by molar-refractivity contribution is 6.23. The molecular weight excluding hydrogens is 418 g/mol. The highest BCUT2D eigenvalue weighted by atomic mass is 16.2. The van der Waals surface area contributed by atoms with E-state index in [2.05, 4.69) is 5.32 Å². The minimum absolute atomic E-state index is 0.0274. The van der Waals surface area contributed by atoms with Crippen molar-refractivity contribution < 1.29 is 19.2 Å². The third-order valence-electron chi connectivity index (χ3n) is 6.37. The van der Waals surface area contributed by atoms with Crippen LogP contribution >= 0.6 is 0 Å². The first-order chi connectivity index (χ1) is 15.8. The van der Waals surface area contributed by atoms with Gasteiger partial charge in [0.1, 0.15) is 6.04 Å². The van der Waals surface area contributed by atoms with E-state index in [0.29, 0.717) is 16.9 Å². The lowest BCUT2D eigenvalue weighted by Gasteiger charge is -2.37. The van der Waals surface area contributed by atoms with Crippen molar-refractivity contribution >= 4 is 35.0 Å². The van der Waals surface area contributed by atoms with E-state index in [0.717, 1.165) is 37.7 Å². The molecule has 1 aliphatic heterocycles. The molecule has 0 spiro atoms. The van der Waals surface area contributed by atoms with Gasteiger partial charge in [0.2, 0.25) is 11.8 Å². The molecule has 4 amide bonds. The molecule has 1 atom stereocenters. The Bertz CT molecular complexity index is 1070. The Labute approximate surface area is 193 Å². The summed E-state index contributed by atoms with van der Waals surface area (Å²) in [4.78, 5) is 54.2. The van der Waals surface area contributed by atoms with Gasteiger partial charge in [0.15, 0.2) is 0 Å². The number of carbonyl (C=O) groups is 4. The van der Waals surface area contributed by atoms with E-state index in [1.165, 1.54) is 11.8 Å². The Morgan fingerprint density at radius 3 is 2.33 bits per heavy atom. The number of anilines is 2. The van der Waals surface area contributed by atoms with Gasteiger partial charge in [-0.15, -0.1) is 0 Å². The molecule has 1 heterocycles. The van der Waals surface area contributed by atoms with Crippen LogP contribution in [-0.2, 0) is 14.4 Å². The maximum absolute atomic E-state index is 13.6. The van der Waals surface area contributed by atoms with Crippen LogP contribution in [0.15, 0.2) is 48.5 Å². The van der Waals surface area contributed by atoms with Crippen LogP contribution < -0.4 is 10.2 Å². The molecule has 7 nitrogen and oxygen atoms in total. The number of rotatable bonds is 5. The summed E-state index contributed by atoms with van der Waals surface area (Å²) in [5.41, 5.74) is 2.53. The number of benzene rings is 2. The molecule has 172 valence electrons. The Morgan fingerprint density at radius 2 is 1.70 bits per heavy atom. The van der Waals surface area contributed by atoms with Crippen molar-refractivity contribution in [2.75, 3.05) is 10.2 Å². The molecule has 1 saturated carbocycles. The third-order valence-corrected chi connectivity index (χ3v) is 6.37. The van der Waals surface area contributed by atoms with E-state index < -0.39 is 6.04 Å². The predicted octanol–water partition coefficient (Wildman–Crippen LogP) is 4.06. The first-order valence-electron chi connectivity index (χ1n) is 11.5. The molecule has 1 aliphatic carbocycles. The smallest absolute Gasteiger partial charge is 0.257 e. The Balaban J connectivity index is 1.63. The number of aryl methyl sites for hydroxylation is 1. The summed E-state index contributed by atoms with van der Waals surface area (Å²) in [6, 6.07) is 13.1. The van der Waals surface area contributed by atoms with E-state index in [-0.39, 0.29) is 36.1 Å². The Kier molecular flexibility index (Phi) is 6.58. The minimum Gasteiger partial charge on any atom is -0.326 e. The van der Waals surface area contributed by atoms with Crippen LogP contribution in [0.1, 0.15) is 61.4 Å². The summed E-state index contributed by atoms with van der Waals surface area (Å²) < 4.78 is 0. The molecule has 2 fully saturated rings. The lowest BCUT2D eigenvalue weighted by molar-refractivity contribution is -0.123. The summed E-state index contributed by atoms with van der Waals surface area (Å²) in [6.45, 7) is 3.34. The van der Waals surface area contributed by atoms with Crippen LogP contribution in [0.2, 0.25) is 0 Å². The summed E-state index contributed by atoms with van der Waals surface area (Å²) in [5.74, 6) is -1.09. The average Bonchev–Trinajstić information content (AvgIpc) is 3.08. The molecule has 0 bridgehead atoms. The van der Waals surface area contributed by atoms with Gasteiger partial charge < -0.3 is 10.2 Å². The van der Waals surface area contributed by atoms with E-state index in [1.54, 1.807) is 35.2 Å².